The molecule has 2 heterocycles. The molecule has 0 saturated carbocycles. The van der Waals surface area contributed by atoms with Crippen LogP contribution in [0.1, 0.15) is 0 Å². The Morgan fingerprint density at radius 3 is 1.71 bits per heavy atom. The highest BCUT2D eigenvalue weighted by Gasteiger charge is 2.23. The maximum Gasteiger partial charge on any atom is 0.124 e. The minimum absolute atomic E-state index is 0.758. The average Bonchev–Trinajstić information content (AvgIpc) is 3.31. The van der Waals surface area contributed by atoms with Crippen molar-refractivity contribution in [1.82, 2.24) is 20.0 Å². The van der Waals surface area contributed by atoms with Crippen LogP contribution < -0.4 is 0 Å². The Hall–Kier alpha value is -4.09. The summed E-state index contributed by atoms with van der Waals surface area (Å²) in [5, 5.41) is 15.6. The molecule has 4 aromatic carbocycles. The quantitative estimate of drug-likeness (QED) is 0.249. The summed E-state index contributed by atoms with van der Waals surface area (Å²) in [6.45, 7) is 0. The smallest absolute Gasteiger partial charge is 0.124 e. The van der Waals surface area contributed by atoms with Gasteiger partial charge in [0.1, 0.15) is 16.9 Å². The molecule has 0 aliphatic heterocycles. The lowest BCUT2D eigenvalue weighted by molar-refractivity contribution is 0.903. The minimum atomic E-state index is 0.758. The van der Waals surface area contributed by atoms with Gasteiger partial charge in [-0.05, 0) is 24.3 Å². The van der Waals surface area contributed by atoms with Gasteiger partial charge in [-0.3, -0.25) is 0 Å². The number of hydrogen-bond acceptors (Lipinski definition) is 3. The van der Waals surface area contributed by atoms with E-state index < -0.39 is 0 Å². The van der Waals surface area contributed by atoms with E-state index in [1.165, 1.54) is 0 Å². The summed E-state index contributed by atoms with van der Waals surface area (Å²) in [7, 11) is 0. The molecule has 4 nitrogen and oxygen atoms in total. The van der Waals surface area contributed by atoms with Crippen LogP contribution in [-0.4, -0.2) is 20.0 Å². The summed E-state index contributed by atoms with van der Waals surface area (Å²) in [6.07, 6.45) is 0. The van der Waals surface area contributed by atoms with E-state index in [0.29, 0.717) is 0 Å². The van der Waals surface area contributed by atoms with Gasteiger partial charge in [0.05, 0.1) is 16.8 Å². The van der Waals surface area contributed by atoms with Gasteiger partial charge in [-0.1, -0.05) is 107 Å². The Morgan fingerprint density at radius 2 is 1.06 bits per heavy atom. The van der Waals surface area contributed by atoms with Crippen molar-refractivity contribution in [3.05, 3.63) is 120 Å². The van der Waals surface area contributed by atoms with Crippen LogP contribution in [0.3, 0.4) is 0 Å². The van der Waals surface area contributed by atoms with E-state index in [2.05, 4.69) is 69.6 Å². The van der Waals surface area contributed by atoms with Gasteiger partial charge in [-0.25, -0.2) is 4.68 Å². The largest absolute Gasteiger partial charge is 0.232 e. The summed E-state index contributed by atoms with van der Waals surface area (Å²) >= 11 is 3.53. The monoisotopic (exact) mass is 502 g/mol. The molecular formula is C29H19BrN4. The Balaban J connectivity index is 1.76. The van der Waals surface area contributed by atoms with Gasteiger partial charge in [0.2, 0.25) is 0 Å². The van der Waals surface area contributed by atoms with Crippen molar-refractivity contribution >= 4 is 26.8 Å². The summed E-state index contributed by atoms with van der Waals surface area (Å²) in [5.41, 5.74) is 7.42. The standard InChI is InChI=1S/C29H19BrN4/c30-23-18-16-21(17-19-23)27-28-25(26(31-32-27)20-10-4-1-5-11-20)29(22-12-6-2-7-13-22)34(33-28)24-14-8-3-9-15-24/h1-19H. The molecule has 0 atom stereocenters. The topological polar surface area (TPSA) is 43.6 Å². The highest BCUT2D eigenvalue weighted by Crippen LogP contribution is 2.39. The summed E-state index contributed by atoms with van der Waals surface area (Å²) in [4.78, 5) is 0. The number of hydrogen-bond donors (Lipinski definition) is 0. The summed E-state index contributed by atoms with van der Waals surface area (Å²) < 4.78 is 3.03. The van der Waals surface area contributed by atoms with Crippen LogP contribution in [0.25, 0.3) is 50.4 Å². The summed E-state index contributed by atoms with van der Waals surface area (Å²) in [6, 6.07) is 38.9. The number of rotatable bonds is 4. The fourth-order valence-electron chi connectivity index (χ4n) is 4.22. The molecule has 0 saturated heterocycles. The van der Waals surface area contributed by atoms with Gasteiger partial charge in [-0.2, -0.15) is 5.10 Å². The first kappa shape index (κ1) is 20.5. The van der Waals surface area contributed by atoms with Crippen LogP contribution in [0.15, 0.2) is 120 Å². The van der Waals surface area contributed by atoms with E-state index in [0.717, 1.165) is 54.8 Å². The third-order valence-electron chi connectivity index (χ3n) is 5.81. The fraction of sp³-hybridized carbons (Fsp3) is 0. The van der Waals surface area contributed by atoms with E-state index in [1.54, 1.807) is 0 Å². The van der Waals surface area contributed by atoms with Crippen molar-refractivity contribution in [2.75, 3.05) is 0 Å². The Bertz CT molecular complexity index is 1580. The second kappa shape index (κ2) is 8.69. The van der Waals surface area contributed by atoms with E-state index >= 15 is 0 Å². The first-order valence-corrected chi connectivity index (χ1v) is 11.8. The van der Waals surface area contributed by atoms with Crippen molar-refractivity contribution in [2.45, 2.75) is 0 Å². The molecule has 0 aliphatic carbocycles. The molecule has 2 aromatic heterocycles. The number of para-hydroxylation sites is 1. The van der Waals surface area contributed by atoms with E-state index in [1.807, 2.05) is 71.4 Å². The summed E-state index contributed by atoms with van der Waals surface area (Å²) in [5.74, 6) is 0. The zero-order valence-electron chi connectivity index (χ0n) is 18.1. The zero-order valence-corrected chi connectivity index (χ0v) is 19.7. The number of nitrogens with zero attached hydrogens (tertiary/aromatic N) is 4. The molecule has 0 aliphatic rings. The number of halogens is 1. The average molecular weight is 503 g/mol. The lowest BCUT2D eigenvalue weighted by Crippen LogP contribution is -1.98. The number of aromatic nitrogens is 4. The van der Waals surface area contributed by atoms with Gasteiger partial charge in [0.25, 0.3) is 0 Å². The molecular weight excluding hydrogens is 484 g/mol. The highest BCUT2D eigenvalue weighted by atomic mass is 79.9. The van der Waals surface area contributed by atoms with Crippen LogP contribution in [0.5, 0.6) is 0 Å². The van der Waals surface area contributed by atoms with Crippen molar-refractivity contribution in [3.8, 4) is 39.5 Å². The Kier molecular flexibility index (Phi) is 5.24. The predicted octanol–water partition coefficient (Wildman–Crippen LogP) is 7.58. The van der Waals surface area contributed by atoms with Crippen molar-refractivity contribution < 1.29 is 0 Å². The lowest BCUT2D eigenvalue weighted by Gasteiger charge is -2.10. The Morgan fingerprint density at radius 1 is 0.529 bits per heavy atom. The molecule has 0 amide bonds. The third kappa shape index (κ3) is 3.60. The van der Waals surface area contributed by atoms with E-state index in [-0.39, 0.29) is 0 Å². The zero-order chi connectivity index (χ0) is 22.9. The molecule has 0 N–H and O–H groups in total. The van der Waals surface area contributed by atoms with Crippen LogP contribution in [0.2, 0.25) is 0 Å². The highest BCUT2D eigenvalue weighted by molar-refractivity contribution is 9.10. The SMILES string of the molecule is Brc1ccc(-c2nnc(-c3ccccc3)c3c(-c4ccccc4)n(-c4ccccc4)nc23)cc1. The third-order valence-corrected chi connectivity index (χ3v) is 6.34. The van der Waals surface area contributed by atoms with Crippen LogP contribution >= 0.6 is 15.9 Å². The number of benzene rings is 4. The van der Waals surface area contributed by atoms with Crippen molar-refractivity contribution in [1.29, 1.82) is 0 Å². The van der Waals surface area contributed by atoms with Gasteiger partial charge >= 0.3 is 0 Å². The van der Waals surface area contributed by atoms with Gasteiger partial charge in [0, 0.05) is 21.2 Å². The molecule has 0 radical (unpaired) electrons. The van der Waals surface area contributed by atoms with Crippen molar-refractivity contribution in [2.24, 2.45) is 0 Å². The molecule has 0 fully saturated rings. The maximum absolute atomic E-state index is 5.15. The molecule has 5 heteroatoms. The predicted molar refractivity (Wildman–Crippen MR) is 141 cm³/mol. The van der Waals surface area contributed by atoms with Crippen molar-refractivity contribution in [3.63, 3.8) is 0 Å². The normalized spacial score (nSPS) is 11.1. The molecule has 0 unspecified atom stereocenters. The van der Waals surface area contributed by atoms with Crippen LogP contribution in [-0.2, 0) is 0 Å². The molecule has 0 bridgehead atoms. The second-order valence-corrected chi connectivity index (χ2v) is 8.87. The minimum Gasteiger partial charge on any atom is -0.232 e. The molecule has 0 spiro atoms. The first-order chi connectivity index (χ1) is 16.8. The van der Waals surface area contributed by atoms with Crippen LogP contribution in [0, 0.1) is 0 Å². The van der Waals surface area contributed by atoms with Crippen LogP contribution in [0.4, 0.5) is 0 Å². The van der Waals surface area contributed by atoms with E-state index in [9.17, 15) is 0 Å². The Labute approximate surface area is 205 Å². The van der Waals surface area contributed by atoms with Gasteiger partial charge in [-0.15, -0.1) is 10.2 Å². The first-order valence-electron chi connectivity index (χ1n) is 11.0. The van der Waals surface area contributed by atoms with Gasteiger partial charge in [0.15, 0.2) is 0 Å². The molecule has 6 rings (SSSR count). The van der Waals surface area contributed by atoms with E-state index in [4.69, 9.17) is 10.2 Å². The molecule has 34 heavy (non-hydrogen) atoms. The second-order valence-electron chi connectivity index (χ2n) is 7.96. The molecule has 6 aromatic rings. The van der Waals surface area contributed by atoms with Gasteiger partial charge < -0.3 is 0 Å². The fourth-order valence-corrected chi connectivity index (χ4v) is 4.49. The molecule has 162 valence electrons. The lowest BCUT2D eigenvalue weighted by atomic mass is 10.0. The number of fused-ring (bicyclic) bond motifs is 1. The maximum atomic E-state index is 5.15.